The quantitative estimate of drug-likeness (QED) is 0.737. The molecule has 2 rings (SSSR count). The average Bonchev–Trinajstić information content (AvgIpc) is 2.92. The molecule has 0 spiro atoms. The van der Waals surface area contributed by atoms with Crippen LogP contribution in [0.2, 0.25) is 0 Å². The standard InChI is InChI=1S/C13H23N3O/c1-13(2,14)12-8-15-10-16(12)6-3-7-17-9-11-4-5-11/h8,10-11H,3-7,9,14H2,1-2H3. The molecule has 4 heteroatoms. The summed E-state index contributed by atoms with van der Waals surface area (Å²) >= 11 is 0. The average molecular weight is 237 g/mol. The molecule has 0 saturated heterocycles. The first-order chi connectivity index (χ1) is 8.07. The van der Waals surface area contributed by atoms with E-state index >= 15 is 0 Å². The van der Waals surface area contributed by atoms with E-state index in [0.29, 0.717) is 0 Å². The highest BCUT2D eigenvalue weighted by atomic mass is 16.5. The molecule has 0 atom stereocenters. The van der Waals surface area contributed by atoms with Gasteiger partial charge in [0.25, 0.3) is 0 Å². The Hall–Kier alpha value is -0.870. The van der Waals surface area contributed by atoms with Crippen molar-refractivity contribution in [1.82, 2.24) is 9.55 Å². The van der Waals surface area contributed by atoms with Gasteiger partial charge in [-0.2, -0.15) is 0 Å². The molecule has 4 nitrogen and oxygen atoms in total. The molecule has 1 saturated carbocycles. The third kappa shape index (κ3) is 3.82. The molecule has 0 aromatic carbocycles. The second-order valence-electron chi connectivity index (χ2n) is 5.57. The second kappa shape index (κ2) is 5.19. The highest BCUT2D eigenvalue weighted by Crippen LogP contribution is 2.28. The lowest BCUT2D eigenvalue weighted by Gasteiger charge is -2.20. The predicted octanol–water partition coefficient (Wildman–Crippen LogP) is 1.89. The Morgan fingerprint density at radius 3 is 2.94 bits per heavy atom. The Bertz CT molecular complexity index is 350. The lowest BCUT2D eigenvalue weighted by atomic mass is 10.0. The number of nitrogens with two attached hydrogens (primary N) is 1. The van der Waals surface area contributed by atoms with Gasteiger partial charge in [0.1, 0.15) is 0 Å². The molecule has 17 heavy (non-hydrogen) atoms. The second-order valence-corrected chi connectivity index (χ2v) is 5.57. The van der Waals surface area contributed by atoms with Crippen LogP contribution in [-0.4, -0.2) is 22.8 Å². The number of nitrogens with zero attached hydrogens (tertiary/aromatic N) is 2. The van der Waals surface area contributed by atoms with Crippen LogP contribution in [0.25, 0.3) is 0 Å². The van der Waals surface area contributed by atoms with Crippen molar-refractivity contribution in [2.24, 2.45) is 11.7 Å². The minimum Gasteiger partial charge on any atom is -0.381 e. The lowest BCUT2D eigenvalue weighted by Crippen LogP contribution is -2.31. The fourth-order valence-electron chi connectivity index (χ4n) is 1.91. The third-order valence-electron chi connectivity index (χ3n) is 3.11. The summed E-state index contributed by atoms with van der Waals surface area (Å²) in [7, 11) is 0. The van der Waals surface area contributed by atoms with Crippen molar-refractivity contribution in [3.63, 3.8) is 0 Å². The van der Waals surface area contributed by atoms with Crippen LogP contribution in [0.3, 0.4) is 0 Å². The molecule has 0 radical (unpaired) electrons. The SMILES string of the molecule is CC(C)(N)c1cncn1CCCOCC1CC1. The largest absolute Gasteiger partial charge is 0.381 e. The highest BCUT2D eigenvalue weighted by Gasteiger charge is 2.21. The summed E-state index contributed by atoms with van der Waals surface area (Å²) in [5.41, 5.74) is 6.84. The van der Waals surface area contributed by atoms with E-state index < -0.39 is 0 Å². The van der Waals surface area contributed by atoms with Gasteiger partial charge >= 0.3 is 0 Å². The zero-order valence-corrected chi connectivity index (χ0v) is 10.9. The van der Waals surface area contributed by atoms with E-state index in [4.69, 9.17) is 10.5 Å². The Labute approximate surface area is 103 Å². The first-order valence-electron chi connectivity index (χ1n) is 6.44. The number of aromatic nitrogens is 2. The zero-order valence-electron chi connectivity index (χ0n) is 10.9. The zero-order chi connectivity index (χ0) is 12.3. The van der Waals surface area contributed by atoms with E-state index in [-0.39, 0.29) is 5.54 Å². The van der Waals surface area contributed by atoms with Crippen molar-refractivity contribution in [2.45, 2.75) is 45.2 Å². The molecule has 96 valence electrons. The smallest absolute Gasteiger partial charge is 0.0948 e. The normalized spacial score (nSPS) is 16.4. The van der Waals surface area contributed by atoms with Gasteiger partial charge in [-0.25, -0.2) is 4.98 Å². The fraction of sp³-hybridized carbons (Fsp3) is 0.769. The summed E-state index contributed by atoms with van der Waals surface area (Å²) in [5.74, 6) is 0.849. The van der Waals surface area contributed by atoms with Gasteiger partial charge in [0.15, 0.2) is 0 Å². The molecule has 0 bridgehead atoms. The highest BCUT2D eigenvalue weighted by molar-refractivity contribution is 5.09. The van der Waals surface area contributed by atoms with E-state index in [2.05, 4.69) is 9.55 Å². The summed E-state index contributed by atoms with van der Waals surface area (Å²) < 4.78 is 7.74. The van der Waals surface area contributed by atoms with Crippen LogP contribution in [0.5, 0.6) is 0 Å². The summed E-state index contributed by atoms with van der Waals surface area (Å²) in [5, 5.41) is 0. The molecule has 0 amide bonds. The van der Waals surface area contributed by atoms with Crippen molar-refractivity contribution in [2.75, 3.05) is 13.2 Å². The topological polar surface area (TPSA) is 53.1 Å². The first kappa shape index (κ1) is 12.6. The van der Waals surface area contributed by atoms with E-state index in [0.717, 1.165) is 37.8 Å². The molecular weight excluding hydrogens is 214 g/mol. The van der Waals surface area contributed by atoms with Crippen LogP contribution in [-0.2, 0) is 16.8 Å². The maximum absolute atomic E-state index is 6.09. The van der Waals surface area contributed by atoms with Crippen LogP contribution >= 0.6 is 0 Å². The summed E-state index contributed by atoms with van der Waals surface area (Å²) in [6, 6.07) is 0. The molecule has 1 aromatic heterocycles. The number of hydrogen-bond acceptors (Lipinski definition) is 3. The number of hydrogen-bond donors (Lipinski definition) is 1. The number of aryl methyl sites for hydroxylation is 1. The minimum atomic E-state index is -0.328. The maximum atomic E-state index is 6.09. The maximum Gasteiger partial charge on any atom is 0.0948 e. The van der Waals surface area contributed by atoms with E-state index in [1.54, 1.807) is 0 Å². The van der Waals surface area contributed by atoms with Gasteiger partial charge in [-0.3, -0.25) is 0 Å². The number of rotatable bonds is 7. The van der Waals surface area contributed by atoms with E-state index in [9.17, 15) is 0 Å². The molecule has 0 aliphatic heterocycles. The molecule has 1 heterocycles. The van der Waals surface area contributed by atoms with Crippen molar-refractivity contribution >= 4 is 0 Å². The van der Waals surface area contributed by atoms with Gasteiger partial charge < -0.3 is 15.0 Å². The Balaban J connectivity index is 1.72. The van der Waals surface area contributed by atoms with Gasteiger partial charge in [0.2, 0.25) is 0 Å². The van der Waals surface area contributed by atoms with Gasteiger partial charge in [-0.05, 0) is 39.0 Å². The lowest BCUT2D eigenvalue weighted by molar-refractivity contribution is 0.119. The van der Waals surface area contributed by atoms with Crippen LogP contribution in [0, 0.1) is 5.92 Å². The summed E-state index contributed by atoms with van der Waals surface area (Å²) in [4.78, 5) is 4.17. The third-order valence-corrected chi connectivity index (χ3v) is 3.11. The Kier molecular flexibility index (Phi) is 3.84. The molecule has 0 unspecified atom stereocenters. The summed E-state index contributed by atoms with van der Waals surface area (Å²) in [6.45, 7) is 6.72. The van der Waals surface area contributed by atoms with Gasteiger partial charge in [-0.1, -0.05) is 0 Å². The molecule has 1 aliphatic carbocycles. The molecule has 1 aliphatic rings. The molecule has 1 aromatic rings. The van der Waals surface area contributed by atoms with Crippen molar-refractivity contribution in [3.05, 3.63) is 18.2 Å². The number of imidazole rings is 1. The van der Waals surface area contributed by atoms with Crippen molar-refractivity contribution < 1.29 is 4.74 Å². The Morgan fingerprint density at radius 2 is 2.29 bits per heavy atom. The van der Waals surface area contributed by atoms with Crippen LogP contribution in [0.15, 0.2) is 12.5 Å². The van der Waals surface area contributed by atoms with Gasteiger partial charge in [-0.15, -0.1) is 0 Å². The summed E-state index contributed by atoms with van der Waals surface area (Å²) in [6.07, 6.45) is 7.43. The van der Waals surface area contributed by atoms with Crippen molar-refractivity contribution in [3.8, 4) is 0 Å². The molecule has 1 fully saturated rings. The fourth-order valence-corrected chi connectivity index (χ4v) is 1.91. The van der Waals surface area contributed by atoms with E-state index in [1.807, 2.05) is 26.4 Å². The molecule has 2 N–H and O–H groups in total. The van der Waals surface area contributed by atoms with Gasteiger partial charge in [0.05, 0.1) is 17.6 Å². The van der Waals surface area contributed by atoms with E-state index in [1.165, 1.54) is 12.8 Å². The number of ether oxygens (including phenoxy) is 1. The van der Waals surface area contributed by atoms with Gasteiger partial charge in [0, 0.05) is 26.0 Å². The van der Waals surface area contributed by atoms with Crippen LogP contribution < -0.4 is 5.73 Å². The monoisotopic (exact) mass is 237 g/mol. The van der Waals surface area contributed by atoms with Crippen LogP contribution in [0.1, 0.15) is 38.8 Å². The minimum absolute atomic E-state index is 0.328. The van der Waals surface area contributed by atoms with Crippen molar-refractivity contribution in [1.29, 1.82) is 0 Å². The van der Waals surface area contributed by atoms with Crippen LogP contribution in [0.4, 0.5) is 0 Å². The molecular formula is C13H23N3O. The predicted molar refractivity (Wildman–Crippen MR) is 67.6 cm³/mol. The first-order valence-corrected chi connectivity index (χ1v) is 6.44. The Morgan fingerprint density at radius 1 is 1.53 bits per heavy atom.